The van der Waals surface area contributed by atoms with Gasteiger partial charge in [0.05, 0.1) is 5.69 Å². The summed E-state index contributed by atoms with van der Waals surface area (Å²) in [5.74, 6) is 0.504. The van der Waals surface area contributed by atoms with E-state index in [0.29, 0.717) is 24.5 Å². The number of hydrogen-bond donors (Lipinski definition) is 0. The van der Waals surface area contributed by atoms with Crippen LogP contribution >= 0.6 is 0 Å². The molecule has 2 unspecified atom stereocenters. The number of carbonyl (C=O) groups excluding carboxylic acids is 1. The minimum absolute atomic E-state index is 0.127. The Labute approximate surface area is 172 Å². The molecule has 30 heavy (non-hydrogen) atoms. The van der Waals surface area contributed by atoms with Crippen molar-refractivity contribution in [3.8, 4) is 5.75 Å². The topological polar surface area (TPSA) is 72.6 Å². The van der Waals surface area contributed by atoms with Crippen molar-refractivity contribution in [3.63, 3.8) is 0 Å². The third-order valence-corrected chi connectivity index (χ3v) is 5.36. The summed E-state index contributed by atoms with van der Waals surface area (Å²) in [6.45, 7) is 4.71. The molecule has 0 bridgehead atoms. The summed E-state index contributed by atoms with van der Waals surface area (Å²) in [6, 6.07) is 8.90. The molecule has 0 spiro atoms. The van der Waals surface area contributed by atoms with Crippen molar-refractivity contribution >= 4 is 11.7 Å². The number of fused-ring (bicyclic) bond motifs is 1. The zero-order valence-corrected chi connectivity index (χ0v) is 16.8. The van der Waals surface area contributed by atoms with E-state index < -0.39 is 12.5 Å². The van der Waals surface area contributed by atoms with Gasteiger partial charge in [-0.1, -0.05) is 17.7 Å². The first-order valence-corrected chi connectivity index (χ1v) is 9.93. The van der Waals surface area contributed by atoms with Crippen LogP contribution in [0.5, 0.6) is 5.75 Å². The maximum atomic E-state index is 13.5. The number of amides is 1. The maximum Gasteiger partial charge on any atom is 0.280 e. The van der Waals surface area contributed by atoms with Gasteiger partial charge in [0.2, 0.25) is 0 Å². The molecule has 158 valence electrons. The van der Waals surface area contributed by atoms with E-state index in [9.17, 15) is 13.6 Å². The van der Waals surface area contributed by atoms with E-state index in [0.717, 1.165) is 22.9 Å². The number of likely N-dealkylation sites (tertiary alicyclic amines) is 1. The molecular weight excluding hydrogens is 392 g/mol. The van der Waals surface area contributed by atoms with Crippen LogP contribution in [-0.4, -0.2) is 49.6 Å². The van der Waals surface area contributed by atoms with E-state index in [-0.39, 0.29) is 23.3 Å². The van der Waals surface area contributed by atoms with Crippen molar-refractivity contribution in [2.24, 2.45) is 0 Å². The number of alkyl halides is 2. The van der Waals surface area contributed by atoms with Crippen molar-refractivity contribution in [1.82, 2.24) is 24.5 Å². The Kier molecular flexibility index (Phi) is 5.61. The molecule has 2 atom stereocenters. The van der Waals surface area contributed by atoms with E-state index in [4.69, 9.17) is 4.74 Å². The smallest absolute Gasteiger partial charge is 0.280 e. The quantitative estimate of drug-likeness (QED) is 0.637. The first kappa shape index (κ1) is 20.2. The number of benzene rings is 1. The summed E-state index contributed by atoms with van der Waals surface area (Å²) in [5, 5.41) is 3.82. The number of carbonyl (C=O) groups is 1. The molecule has 3 aromatic rings. The Morgan fingerprint density at radius 2 is 2.03 bits per heavy atom. The first-order chi connectivity index (χ1) is 14.4. The second-order valence-electron chi connectivity index (χ2n) is 7.57. The number of halogens is 2. The standard InChI is InChI=1S/C21H23F2N5O2/c1-13-5-7-16(8-6-13)30-14(2)20(29)27-9-3-4-15(11-27)17-10-18(19(22)23)28-21(26-17)24-12-25-28/h5-8,10,12,14-15,19H,3-4,9,11H2,1-2H3. The van der Waals surface area contributed by atoms with Crippen molar-refractivity contribution in [1.29, 1.82) is 0 Å². The largest absolute Gasteiger partial charge is 0.481 e. The van der Waals surface area contributed by atoms with Crippen molar-refractivity contribution < 1.29 is 18.3 Å². The van der Waals surface area contributed by atoms with E-state index in [2.05, 4.69) is 15.1 Å². The minimum Gasteiger partial charge on any atom is -0.481 e. The summed E-state index contributed by atoms with van der Waals surface area (Å²) in [7, 11) is 0. The summed E-state index contributed by atoms with van der Waals surface area (Å²) in [5.41, 5.74) is 1.38. The normalized spacial score (nSPS) is 18.0. The van der Waals surface area contributed by atoms with Crippen molar-refractivity contribution in [3.05, 3.63) is 53.6 Å². The molecule has 1 saturated heterocycles. The minimum atomic E-state index is -2.69. The molecule has 0 aliphatic carbocycles. The Hall–Kier alpha value is -3.10. The number of aromatic nitrogens is 4. The Balaban J connectivity index is 1.49. The molecule has 0 N–H and O–H groups in total. The number of rotatable bonds is 5. The van der Waals surface area contributed by atoms with Crippen LogP contribution in [-0.2, 0) is 4.79 Å². The third kappa shape index (κ3) is 4.10. The summed E-state index contributed by atoms with van der Waals surface area (Å²) in [4.78, 5) is 23.0. The number of nitrogens with zero attached hydrogens (tertiary/aromatic N) is 5. The first-order valence-electron chi connectivity index (χ1n) is 9.93. The maximum absolute atomic E-state index is 13.5. The predicted octanol–water partition coefficient (Wildman–Crippen LogP) is 3.54. The fraction of sp³-hybridized carbons (Fsp3) is 0.429. The highest BCUT2D eigenvalue weighted by Crippen LogP contribution is 2.29. The Morgan fingerprint density at radius 1 is 1.27 bits per heavy atom. The van der Waals surface area contributed by atoms with Crippen LogP contribution in [0.2, 0.25) is 0 Å². The fourth-order valence-corrected chi connectivity index (χ4v) is 3.77. The number of hydrogen-bond acceptors (Lipinski definition) is 5. The van der Waals surface area contributed by atoms with Crippen LogP contribution in [0.1, 0.15) is 49.1 Å². The monoisotopic (exact) mass is 415 g/mol. The lowest BCUT2D eigenvalue weighted by Gasteiger charge is -2.34. The molecule has 7 nitrogen and oxygen atoms in total. The number of aryl methyl sites for hydroxylation is 1. The Bertz CT molecular complexity index is 1040. The van der Waals surface area contributed by atoms with Crippen LogP contribution in [0.4, 0.5) is 8.78 Å². The highest BCUT2D eigenvalue weighted by Gasteiger charge is 2.30. The average molecular weight is 415 g/mol. The predicted molar refractivity (Wildman–Crippen MR) is 106 cm³/mol. The molecular formula is C21H23F2N5O2. The zero-order valence-electron chi connectivity index (χ0n) is 16.8. The van der Waals surface area contributed by atoms with E-state index in [1.807, 2.05) is 31.2 Å². The van der Waals surface area contributed by atoms with Crippen LogP contribution in [0, 0.1) is 6.92 Å². The van der Waals surface area contributed by atoms with Crippen LogP contribution in [0.3, 0.4) is 0 Å². The second kappa shape index (κ2) is 8.33. The lowest BCUT2D eigenvalue weighted by Crippen LogP contribution is -2.45. The zero-order chi connectivity index (χ0) is 21.3. The molecule has 1 aromatic carbocycles. The van der Waals surface area contributed by atoms with Crippen molar-refractivity contribution in [2.45, 2.75) is 45.1 Å². The molecule has 1 fully saturated rings. The highest BCUT2D eigenvalue weighted by molar-refractivity contribution is 5.81. The lowest BCUT2D eigenvalue weighted by atomic mass is 9.93. The van der Waals surface area contributed by atoms with Gasteiger partial charge in [-0.15, -0.1) is 0 Å². The Morgan fingerprint density at radius 3 is 2.77 bits per heavy atom. The summed E-state index contributed by atoms with van der Waals surface area (Å²) >= 11 is 0. The van der Waals surface area contributed by atoms with E-state index in [1.54, 1.807) is 11.8 Å². The molecule has 1 aliphatic heterocycles. The van der Waals surface area contributed by atoms with Gasteiger partial charge in [-0.2, -0.15) is 14.6 Å². The van der Waals surface area contributed by atoms with Gasteiger partial charge in [-0.05, 0) is 44.9 Å². The fourth-order valence-electron chi connectivity index (χ4n) is 3.77. The number of piperidine rings is 1. The molecule has 0 saturated carbocycles. The lowest BCUT2D eigenvalue weighted by molar-refractivity contribution is -0.139. The van der Waals surface area contributed by atoms with Crippen LogP contribution in [0.15, 0.2) is 36.7 Å². The number of ether oxygens (including phenoxy) is 1. The molecule has 0 radical (unpaired) electrons. The molecule has 4 rings (SSSR count). The molecule has 3 heterocycles. The van der Waals surface area contributed by atoms with Gasteiger partial charge in [0.1, 0.15) is 17.8 Å². The molecule has 1 amide bonds. The van der Waals surface area contributed by atoms with Gasteiger partial charge in [0.15, 0.2) is 6.10 Å². The summed E-state index contributed by atoms with van der Waals surface area (Å²) in [6.07, 6.45) is -0.609. The second-order valence-corrected chi connectivity index (χ2v) is 7.57. The molecule has 9 heteroatoms. The van der Waals surface area contributed by atoms with Gasteiger partial charge in [-0.25, -0.2) is 13.8 Å². The highest BCUT2D eigenvalue weighted by atomic mass is 19.3. The van der Waals surface area contributed by atoms with Crippen LogP contribution < -0.4 is 4.74 Å². The van der Waals surface area contributed by atoms with Gasteiger partial charge < -0.3 is 9.64 Å². The van der Waals surface area contributed by atoms with Crippen LogP contribution in [0.25, 0.3) is 5.78 Å². The average Bonchev–Trinajstić information content (AvgIpc) is 3.22. The van der Waals surface area contributed by atoms with Gasteiger partial charge in [0.25, 0.3) is 18.1 Å². The van der Waals surface area contributed by atoms with E-state index >= 15 is 0 Å². The van der Waals surface area contributed by atoms with Crippen molar-refractivity contribution in [2.75, 3.05) is 13.1 Å². The van der Waals surface area contributed by atoms with E-state index in [1.165, 1.54) is 12.4 Å². The summed E-state index contributed by atoms with van der Waals surface area (Å²) < 4.78 is 33.8. The molecule has 2 aromatic heterocycles. The van der Waals surface area contributed by atoms with Gasteiger partial charge in [0, 0.05) is 19.0 Å². The SMILES string of the molecule is Cc1ccc(OC(C)C(=O)N2CCCC(c3cc(C(F)F)n4ncnc4n3)C2)cc1. The molecule has 1 aliphatic rings. The van der Waals surface area contributed by atoms with Gasteiger partial charge in [-0.3, -0.25) is 4.79 Å². The third-order valence-electron chi connectivity index (χ3n) is 5.36. The van der Waals surface area contributed by atoms with Gasteiger partial charge >= 0.3 is 0 Å².